The number of nitrogens with one attached hydrogen (secondary N) is 1. The zero-order chi connectivity index (χ0) is 19.2. The molecule has 3 rings (SSSR count). The maximum atomic E-state index is 12.7. The van der Waals surface area contributed by atoms with Crippen LogP contribution in [-0.4, -0.2) is 28.3 Å². The molecule has 0 saturated heterocycles. The van der Waals surface area contributed by atoms with Crippen LogP contribution in [0, 0.1) is 6.92 Å². The van der Waals surface area contributed by atoms with Crippen molar-refractivity contribution >= 4 is 17.7 Å². The lowest BCUT2D eigenvalue weighted by Crippen LogP contribution is -2.32. The number of imidazole rings is 1. The van der Waals surface area contributed by atoms with E-state index >= 15 is 0 Å². The molecule has 27 heavy (non-hydrogen) atoms. The fourth-order valence-corrected chi connectivity index (χ4v) is 3.54. The second-order valence-electron chi connectivity index (χ2n) is 6.24. The van der Waals surface area contributed by atoms with E-state index in [1.807, 2.05) is 73.3 Å². The van der Waals surface area contributed by atoms with Crippen LogP contribution < -0.4 is 10.1 Å². The Morgan fingerprint density at radius 3 is 2.63 bits per heavy atom. The number of aryl methyl sites for hydroxylation is 2. The molecule has 3 aromatic rings. The van der Waals surface area contributed by atoms with Crippen molar-refractivity contribution in [3.8, 4) is 5.75 Å². The van der Waals surface area contributed by atoms with Crippen molar-refractivity contribution in [1.29, 1.82) is 0 Å². The first kappa shape index (κ1) is 19.0. The third-order valence-corrected chi connectivity index (χ3v) is 5.27. The number of amides is 1. The summed E-state index contributed by atoms with van der Waals surface area (Å²) in [5, 5.41) is 3.11. The molecule has 0 saturated carbocycles. The van der Waals surface area contributed by atoms with Crippen LogP contribution in [0.1, 0.15) is 23.0 Å². The van der Waals surface area contributed by atoms with Crippen LogP contribution >= 0.6 is 11.8 Å². The van der Waals surface area contributed by atoms with Gasteiger partial charge in [-0.05, 0) is 25.1 Å². The van der Waals surface area contributed by atoms with Crippen molar-refractivity contribution < 1.29 is 9.53 Å². The number of aromatic nitrogens is 2. The minimum atomic E-state index is -0.382. The van der Waals surface area contributed by atoms with Gasteiger partial charge in [-0.3, -0.25) is 4.79 Å². The third kappa shape index (κ3) is 4.71. The minimum absolute atomic E-state index is 0.0560. The molecular formula is C21H23N3O2S. The average molecular weight is 382 g/mol. The summed E-state index contributed by atoms with van der Waals surface area (Å²) in [5.41, 5.74) is 2.08. The van der Waals surface area contributed by atoms with E-state index in [2.05, 4.69) is 10.3 Å². The quantitative estimate of drug-likeness (QED) is 0.634. The number of carbonyl (C=O) groups excluding carboxylic acids is 1. The number of ether oxygens (including phenoxy) is 1. The monoisotopic (exact) mass is 381 g/mol. The van der Waals surface area contributed by atoms with Crippen LogP contribution in [0.5, 0.6) is 5.75 Å². The Morgan fingerprint density at radius 1 is 1.22 bits per heavy atom. The van der Waals surface area contributed by atoms with Gasteiger partial charge in [-0.15, -0.1) is 11.8 Å². The second-order valence-corrected chi connectivity index (χ2v) is 7.29. The highest BCUT2D eigenvalue weighted by atomic mass is 32.2. The third-order valence-electron chi connectivity index (χ3n) is 4.26. The molecular weight excluding hydrogens is 358 g/mol. The van der Waals surface area contributed by atoms with Crippen LogP contribution in [0.3, 0.4) is 0 Å². The van der Waals surface area contributed by atoms with Crippen molar-refractivity contribution in [3.05, 3.63) is 77.9 Å². The summed E-state index contributed by atoms with van der Waals surface area (Å²) in [4.78, 5) is 18.2. The van der Waals surface area contributed by atoms with Crippen LogP contribution in [0.25, 0.3) is 0 Å². The number of nitrogens with zero attached hydrogens (tertiary/aromatic N) is 2. The van der Waals surface area contributed by atoms with Gasteiger partial charge in [0.25, 0.3) is 0 Å². The summed E-state index contributed by atoms with van der Waals surface area (Å²) in [6, 6.07) is 15.5. The van der Waals surface area contributed by atoms with Gasteiger partial charge in [-0.1, -0.05) is 35.9 Å². The standard InChI is InChI=1S/C21H23N3O2S/c1-15-8-10-16(11-9-15)27-14-19(25)23-20(21-22-12-13-24(21)2)17-6-4-5-7-18(17)26-3/h4-13,20H,14H2,1-3H3,(H,23,25). The highest BCUT2D eigenvalue weighted by molar-refractivity contribution is 8.00. The van der Waals surface area contributed by atoms with E-state index in [0.29, 0.717) is 5.75 Å². The minimum Gasteiger partial charge on any atom is -0.496 e. The van der Waals surface area contributed by atoms with Crippen molar-refractivity contribution in [2.75, 3.05) is 12.9 Å². The first-order chi connectivity index (χ1) is 13.1. The normalized spacial score (nSPS) is 11.8. The second kappa shape index (κ2) is 8.77. The van der Waals surface area contributed by atoms with E-state index in [4.69, 9.17) is 4.74 Å². The van der Waals surface area contributed by atoms with Gasteiger partial charge in [0.2, 0.25) is 5.91 Å². The van der Waals surface area contributed by atoms with Crippen LogP contribution in [0.4, 0.5) is 0 Å². The van der Waals surface area contributed by atoms with E-state index in [1.165, 1.54) is 17.3 Å². The van der Waals surface area contributed by atoms with E-state index < -0.39 is 0 Å². The molecule has 0 bridgehead atoms. The van der Waals surface area contributed by atoms with Gasteiger partial charge in [-0.2, -0.15) is 0 Å². The smallest absolute Gasteiger partial charge is 0.231 e. The van der Waals surface area contributed by atoms with Gasteiger partial charge in [0.05, 0.1) is 12.9 Å². The van der Waals surface area contributed by atoms with Gasteiger partial charge >= 0.3 is 0 Å². The maximum Gasteiger partial charge on any atom is 0.231 e. The highest BCUT2D eigenvalue weighted by Crippen LogP contribution is 2.29. The Kier molecular flexibility index (Phi) is 6.19. The summed E-state index contributed by atoms with van der Waals surface area (Å²) in [6.07, 6.45) is 3.59. The summed E-state index contributed by atoms with van der Waals surface area (Å²) in [6.45, 7) is 2.05. The Morgan fingerprint density at radius 2 is 1.96 bits per heavy atom. The van der Waals surface area contributed by atoms with Crippen molar-refractivity contribution in [2.24, 2.45) is 7.05 Å². The lowest BCUT2D eigenvalue weighted by Gasteiger charge is -2.21. The fourth-order valence-electron chi connectivity index (χ4n) is 2.83. The van der Waals surface area contributed by atoms with Gasteiger partial charge in [0, 0.05) is 29.9 Å². The van der Waals surface area contributed by atoms with Crippen molar-refractivity contribution in [1.82, 2.24) is 14.9 Å². The van der Waals surface area contributed by atoms with E-state index in [0.717, 1.165) is 22.0 Å². The lowest BCUT2D eigenvalue weighted by atomic mass is 10.0. The van der Waals surface area contributed by atoms with Gasteiger partial charge in [0.1, 0.15) is 17.6 Å². The molecule has 1 unspecified atom stereocenters. The maximum absolute atomic E-state index is 12.7. The average Bonchev–Trinajstić information content (AvgIpc) is 3.11. The Balaban J connectivity index is 1.78. The highest BCUT2D eigenvalue weighted by Gasteiger charge is 2.23. The number of hydrogen-bond acceptors (Lipinski definition) is 4. The number of carbonyl (C=O) groups is 1. The van der Waals surface area contributed by atoms with Gasteiger partial charge < -0.3 is 14.6 Å². The largest absolute Gasteiger partial charge is 0.496 e. The number of methoxy groups -OCH3 is 1. The zero-order valence-electron chi connectivity index (χ0n) is 15.7. The summed E-state index contributed by atoms with van der Waals surface area (Å²) >= 11 is 1.52. The number of rotatable bonds is 7. The molecule has 2 aromatic carbocycles. The molecule has 1 N–H and O–H groups in total. The van der Waals surface area contributed by atoms with Crippen LogP contribution in [0.2, 0.25) is 0 Å². The van der Waals surface area contributed by atoms with Crippen LogP contribution in [-0.2, 0) is 11.8 Å². The molecule has 6 heteroatoms. The molecule has 0 fully saturated rings. The number of hydrogen-bond donors (Lipinski definition) is 1. The van der Waals surface area contributed by atoms with E-state index in [9.17, 15) is 4.79 Å². The zero-order valence-corrected chi connectivity index (χ0v) is 16.5. The molecule has 0 spiro atoms. The SMILES string of the molecule is COc1ccccc1C(NC(=O)CSc1ccc(C)cc1)c1nccn1C. The Labute approximate surface area is 163 Å². The molecule has 0 aliphatic carbocycles. The topological polar surface area (TPSA) is 56.1 Å². The molecule has 1 heterocycles. The molecule has 1 aromatic heterocycles. The summed E-state index contributed by atoms with van der Waals surface area (Å²) < 4.78 is 7.40. The Bertz CT molecular complexity index is 906. The predicted octanol–water partition coefficient (Wildman–Crippen LogP) is 3.74. The van der Waals surface area contributed by atoms with Crippen molar-refractivity contribution in [2.45, 2.75) is 17.9 Å². The molecule has 140 valence electrons. The van der Waals surface area contributed by atoms with Gasteiger partial charge in [-0.25, -0.2) is 4.98 Å². The number of para-hydroxylation sites is 1. The molecule has 0 radical (unpaired) electrons. The fraction of sp³-hybridized carbons (Fsp3) is 0.238. The molecule has 0 aliphatic rings. The number of benzene rings is 2. The van der Waals surface area contributed by atoms with Crippen molar-refractivity contribution in [3.63, 3.8) is 0 Å². The van der Waals surface area contributed by atoms with E-state index in [1.54, 1.807) is 13.3 Å². The first-order valence-corrected chi connectivity index (χ1v) is 9.66. The predicted molar refractivity (Wildman–Crippen MR) is 108 cm³/mol. The Hall–Kier alpha value is -2.73. The van der Waals surface area contributed by atoms with Gasteiger partial charge in [0.15, 0.2) is 0 Å². The number of thioether (sulfide) groups is 1. The molecule has 1 amide bonds. The summed E-state index contributed by atoms with van der Waals surface area (Å²) in [5.74, 6) is 1.75. The lowest BCUT2D eigenvalue weighted by molar-refractivity contribution is -0.119. The first-order valence-electron chi connectivity index (χ1n) is 8.67. The van der Waals surface area contributed by atoms with E-state index in [-0.39, 0.29) is 11.9 Å². The molecule has 5 nitrogen and oxygen atoms in total. The summed E-state index contributed by atoms with van der Waals surface area (Å²) in [7, 11) is 3.54. The molecule has 1 atom stereocenters. The molecule has 0 aliphatic heterocycles. The van der Waals surface area contributed by atoms with Crippen LogP contribution in [0.15, 0.2) is 65.8 Å².